The maximum atomic E-state index is 13.1. The Labute approximate surface area is 164 Å². The van der Waals surface area contributed by atoms with Crippen LogP contribution in [-0.4, -0.2) is 28.5 Å². The number of nitrogens with one attached hydrogen (secondary N) is 1. The van der Waals surface area contributed by atoms with E-state index in [2.05, 4.69) is 15.3 Å². The number of amides is 1. The highest BCUT2D eigenvalue weighted by Gasteiger charge is 2.35. The molecular weight excluding hydrogens is 383 g/mol. The Morgan fingerprint density at radius 1 is 1.10 bits per heavy atom. The van der Waals surface area contributed by atoms with Gasteiger partial charge in [0.15, 0.2) is 0 Å². The minimum Gasteiger partial charge on any atom is -0.487 e. The molecule has 0 saturated heterocycles. The van der Waals surface area contributed by atoms with Crippen molar-refractivity contribution in [2.75, 3.05) is 6.54 Å². The molecule has 8 heteroatoms. The summed E-state index contributed by atoms with van der Waals surface area (Å²) in [6, 6.07) is 10.4. The van der Waals surface area contributed by atoms with Gasteiger partial charge in [-0.25, -0.2) is 9.97 Å². The van der Waals surface area contributed by atoms with E-state index < -0.39 is 23.2 Å². The van der Waals surface area contributed by atoms with Gasteiger partial charge in [-0.05, 0) is 17.7 Å². The Hall–Kier alpha value is -3.42. The summed E-state index contributed by atoms with van der Waals surface area (Å²) in [6.07, 6.45) is 0.353. The molecule has 3 aromatic rings. The Morgan fingerprint density at radius 3 is 2.62 bits per heavy atom. The van der Waals surface area contributed by atoms with Crippen molar-refractivity contribution in [1.82, 2.24) is 15.3 Å². The monoisotopic (exact) mass is 399 g/mol. The molecule has 0 spiro atoms. The number of halogens is 3. The van der Waals surface area contributed by atoms with Crippen LogP contribution < -0.4 is 10.1 Å². The van der Waals surface area contributed by atoms with Crippen molar-refractivity contribution in [2.45, 2.75) is 18.7 Å². The molecule has 1 atom stereocenters. The SMILES string of the molecule is O=C(NCC1Cc2cccc(-c3cncnc3)c2O1)c1ccccc1C(F)(F)F. The molecule has 1 amide bonds. The molecule has 148 valence electrons. The van der Waals surface area contributed by atoms with Crippen LogP contribution in [0.5, 0.6) is 5.75 Å². The average Bonchev–Trinajstić information content (AvgIpc) is 3.15. The normalized spacial score (nSPS) is 15.5. The lowest BCUT2D eigenvalue weighted by atomic mass is 10.0. The molecule has 0 bridgehead atoms. The van der Waals surface area contributed by atoms with Gasteiger partial charge in [0, 0.05) is 29.9 Å². The van der Waals surface area contributed by atoms with Crippen molar-refractivity contribution in [1.29, 1.82) is 0 Å². The third-order valence-electron chi connectivity index (χ3n) is 4.67. The standard InChI is InChI=1S/C21H16F3N3O2/c22-21(23,24)18-7-2-1-5-17(18)20(28)27-11-15-8-13-4-3-6-16(19(13)29-15)14-9-25-12-26-10-14/h1-7,9-10,12,15H,8,11H2,(H,27,28). The zero-order chi connectivity index (χ0) is 20.4. The first-order chi connectivity index (χ1) is 13.9. The van der Waals surface area contributed by atoms with Gasteiger partial charge in [0.1, 0.15) is 18.2 Å². The van der Waals surface area contributed by atoms with E-state index in [4.69, 9.17) is 4.74 Å². The van der Waals surface area contributed by atoms with Crippen LogP contribution in [0.3, 0.4) is 0 Å². The Kier molecular flexibility index (Phi) is 4.92. The molecule has 0 aliphatic carbocycles. The van der Waals surface area contributed by atoms with Crippen LogP contribution in [0.15, 0.2) is 61.2 Å². The number of hydrogen-bond acceptors (Lipinski definition) is 4. The predicted molar refractivity (Wildman–Crippen MR) is 99.4 cm³/mol. The molecular formula is C21H16F3N3O2. The van der Waals surface area contributed by atoms with Crippen LogP contribution >= 0.6 is 0 Å². The average molecular weight is 399 g/mol. The van der Waals surface area contributed by atoms with Gasteiger partial charge >= 0.3 is 6.18 Å². The van der Waals surface area contributed by atoms with E-state index in [-0.39, 0.29) is 12.6 Å². The molecule has 1 unspecified atom stereocenters. The van der Waals surface area contributed by atoms with Crippen LogP contribution in [-0.2, 0) is 12.6 Å². The highest BCUT2D eigenvalue weighted by molar-refractivity contribution is 5.95. The highest BCUT2D eigenvalue weighted by atomic mass is 19.4. The second-order valence-electron chi connectivity index (χ2n) is 6.62. The molecule has 0 radical (unpaired) electrons. The van der Waals surface area contributed by atoms with Gasteiger partial charge in [-0.3, -0.25) is 4.79 Å². The molecule has 4 rings (SSSR count). The maximum Gasteiger partial charge on any atom is 0.417 e. The highest BCUT2D eigenvalue weighted by Crippen LogP contribution is 2.38. The number of benzene rings is 2. The molecule has 2 heterocycles. The number of hydrogen-bond donors (Lipinski definition) is 1. The topological polar surface area (TPSA) is 64.1 Å². The summed E-state index contributed by atoms with van der Waals surface area (Å²) in [5.41, 5.74) is 1.23. The van der Waals surface area contributed by atoms with E-state index in [1.807, 2.05) is 18.2 Å². The van der Waals surface area contributed by atoms with Crippen LogP contribution in [0.2, 0.25) is 0 Å². The van der Waals surface area contributed by atoms with E-state index in [1.165, 1.54) is 18.5 Å². The number of nitrogens with zero attached hydrogens (tertiary/aromatic N) is 2. The number of para-hydroxylation sites is 1. The Balaban J connectivity index is 1.47. The molecule has 1 aliphatic rings. The summed E-state index contributed by atoms with van der Waals surface area (Å²) in [5.74, 6) is -0.105. The Bertz CT molecular complexity index is 1040. The van der Waals surface area contributed by atoms with Gasteiger partial charge in [0.05, 0.1) is 17.7 Å². The van der Waals surface area contributed by atoms with E-state index in [0.29, 0.717) is 12.2 Å². The summed E-state index contributed by atoms with van der Waals surface area (Å²) in [4.78, 5) is 20.4. The van der Waals surface area contributed by atoms with Crippen LogP contribution in [0.4, 0.5) is 13.2 Å². The zero-order valence-corrected chi connectivity index (χ0v) is 15.1. The fourth-order valence-electron chi connectivity index (χ4n) is 3.35. The zero-order valence-electron chi connectivity index (χ0n) is 15.1. The van der Waals surface area contributed by atoms with Crippen molar-refractivity contribution in [3.63, 3.8) is 0 Å². The fourth-order valence-corrected chi connectivity index (χ4v) is 3.35. The largest absolute Gasteiger partial charge is 0.487 e. The first kappa shape index (κ1) is 18.9. The number of carbonyl (C=O) groups excluding carboxylic acids is 1. The smallest absolute Gasteiger partial charge is 0.417 e. The lowest BCUT2D eigenvalue weighted by Gasteiger charge is -2.15. The minimum atomic E-state index is -4.60. The second kappa shape index (κ2) is 7.54. The maximum absolute atomic E-state index is 13.1. The summed E-state index contributed by atoms with van der Waals surface area (Å²) in [7, 11) is 0. The molecule has 0 fully saturated rings. The lowest BCUT2D eigenvalue weighted by molar-refractivity contribution is -0.137. The minimum absolute atomic E-state index is 0.0877. The molecule has 1 aromatic heterocycles. The number of alkyl halides is 3. The third kappa shape index (κ3) is 3.91. The van der Waals surface area contributed by atoms with E-state index in [1.54, 1.807) is 12.4 Å². The van der Waals surface area contributed by atoms with Crippen molar-refractivity contribution >= 4 is 5.91 Å². The van der Waals surface area contributed by atoms with Crippen molar-refractivity contribution in [2.24, 2.45) is 0 Å². The number of rotatable bonds is 4. The van der Waals surface area contributed by atoms with Crippen LogP contribution in [0, 0.1) is 0 Å². The lowest BCUT2D eigenvalue weighted by Crippen LogP contribution is -2.35. The van der Waals surface area contributed by atoms with Crippen molar-refractivity contribution in [3.8, 4) is 16.9 Å². The first-order valence-electron chi connectivity index (χ1n) is 8.92. The number of ether oxygens (including phenoxy) is 1. The van der Waals surface area contributed by atoms with Crippen molar-refractivity contribution < 1.29 is 22.7 Å². The van der Waals surface area contributed by atoms with Crippen molar-refractivity contribution in [3.05, 3.63) is 77.9 Å². The molecule has 29 heavy (non-hydrogen) atoms. The van der Waals surface area contributed by atoms with Gasteiger partial charge < -0.3 is 10.1 Å². The first-order valence-corrected chi connectivity index (χ1v) is 8.92. The quantitative estimate of drug-likeness (QED) is 0.723. The third-order valence-corrected chi connectivity index (χ3v) is 4.67. The molecule has 5 nitrogen and oxygen atoms in total. The fraction of sp³-hybridized carbons (Fsp3) is 0.190. The van der Waals surface area contributed by atoms with Gasteiger partial charge in [-0.15, -0.1) is 0 Å². The van der Waals surface area contributed by atoms with E-state index >= 15 is 0 Å². The van der Waals surface area contributed by atoms with Gasteiger partial charge in [0.25, 0.3) is 5.91 Å². The molecule has 2 aromatic carbocycles. The van der Waals surface area contributed by atoms with Gasteiger partial charge in [-0.1, -0.05) is 30.3 Å². The van der Waals surface area contributed by atoms with Gasteiger partial charge in [-0.2, -0.15) is 13.2 Å². The predicted octanol–water partition coefficient (Wildman–Crippen LogP) is 3.90. The Morgan fingerprint density at radius 2 is 1.86 bits per heavy atom. The number of carbonyl (C=O) groups is 1. The number of aromatic nitrogens is 2. The molecule has 0 saturated carbocycles. The molecule has 1 N–H and O–H groups in total. The summed E-state index contributed by atoms with van der Waals surface area (Å²) in [6.45, 7) is 0.0877. The van der Waals surface area contributed by atoms with E-state index in [0.717, 1.165) is 28.8 Å². The van der Waals surface area contributed by atoms with E-state index in [9.17, 15) is 18.0 Å². The summed E-state index contributed by atoms with van der Waals surface area (Å²) in [5, 5.41) is 2.56. The van der Waals surface area contributed by atoms with Gasteiger partial charge in [0.2, 0.25) is 0 Å². The second-order valence-corrected chi connectivity index (χ2v) is 6.62. The summed E-state index contributed by atoms with van der Waals surface area (Å²) < 4.78 is 45.3. The number of fused-ring (bicyclic) bond motifs is 1. The van der Waals surface area contributed by atoms with Crippen LogP contribution in [0.1, 0.15) is 21.5 Å². The summed E-state index contributed by atoms with van der Waals surface area (Å²) >= 11 is 0. The van der Waals surface area contributed by atoms with Crippen LogP contribution in [0.25, 0.3) is 11.1 Å². The molecule has 1 aliphatic heterocycles.